The fourth-order valence-corrected chi connectivity index (χ4v) is 2.74. The lowest BCUT2D eigenvalue weighted by atomic mass is 9.86. The van der Waals surface area contributed by atoms with E-state index in [4.69, 9.17) is 10.5 Å². The second-order valence-electron chi connectivity index (χ2n) is 6.00. The zero-order chi connectivity index (χ0) is 17.4. The number of aliphatic hydroxyl groups is 4. The highest BCUT2D eigenvalue weighted by molar-refractivity contribution is 5.89. The number of Topliss-reactive ketones (excluding diaryl/α,β-unsaturated/α-hetero) is 1. The third kappa shape index (κ3) is 3.16. The number of benzene rings is 1. The van der Waals surface area contributed by atoms with Crippen LogP contribution in [0.3, 0.4) is 0 Å². The number of nitrogens with two attached hydrogens (primary N) is 1. The molecule has 1 aliphatic heterocycles. The summed E-state index contributed by atoms with van der Waals surface area (Å²) in [6.45, 7) is 3.10. The molecule has 0 radical (unpaired) electrons. The summed E-state index contributed by atoms with van der Waals surface area (Å²) < 4.78 is 5.14. The van der Waals surface area contributed by atoms with Crippen LogP contribution in [-0.2, 0) is 16.0 Å². The van der Waals surface area contributed by atoms with E-state index in [0.29, 0.717) is 5.56 Å². The summed E-state index contributed by atoms with van der Waals surface area (Å²) in [5.74, 6) is -3.20. The highest BCUT2D eigenvalue weighted by Gasteiger charge is 2.55. The summed E-state index contributed by atoms with van der Waals surface area (Å²) in [4.78, 5) is 12.5. The summed E-state index contributed by atoms with van der Waals surface area (Å²) in [7, 11) is 0. The van der Waals surface area contributed by atoms with Gasteiger partial charge in [-0.15, -0.1) is 0 Å². The van der Waals surface area contributed by atoms with Gasteiger partial charge in [0.2, 0.25) is 5.79 Å². The molecule has 1 saturated heterocycles. The van der Waals surface area contributed by atoms with Crippen molar-refractivity contribution in [1.29, 1.82) is 0 Å². The van der Waals surface area contributed by atoms with Gasteiger partial charge in [-0.2, -0.15) is 0 Å². The van der Waals surface area contributed by atoms with Gasteiger partial charge in [-0.1, -0.05) is 18.2 Å². The van der Waals surface area contributed by atoms with Gasteiger partial charge in [0, 0.05) is 6.42 Å². The predicted octanol–water partition coefficient (Wildman–Crippen LogP) is -1.46. The van der Waals surface area contributed by atoms with Crippen LogP contribution >= 0.6 is 0 Å². The first kappa shape index (κ1) is 18.0. The number of hydrogen-bond acceptors (Lipinski definition) is 7. The topological polar surface area (TPSA) is 133 Å². The molecule has 1 heterocycles. The molecule has 1 aromatic rings. The SMILES string of the molecule is Cc1cccc(CC(=O)C2(O)O[C@H](CO)[C@@H](O)[C@H](O)[C@H]2N)c1C. The predicted molar refractivity (Wildman–Crippen MR) is 81.5 cm³/mol. The summed E-state index contributed by atoms with van der Waals surface area (Å²) in [6.07, 6.45) is -4.51. The normalized spacial score (nSPS) is 34.4. The third-order valence-corrected chi connectivity index (χ3v) is 4.53. The largest absolute Gasteiger partial charge is 0.394 e. The number of ether oxygens (including phenoxy) is 1. The van der Waals surface area contributed by atoms with Crippen LogP contribution in [0.1, 0.15) is 16.7 Å². The van der Waals surface area contributed by atoms with Crippen molar-refractivity contribution in [2.75, 3.05) is 6.61 Å². The Labute approximate surface area is 134 Å². The van der Waals surface area contributed by atoms with Gasteiger partial charge < -0.3 is 30.9 Å². The second-order valence-corrected chi connectivity index (χ2v) is 6.00. The van der Waals surface area contributed by atoms with E-state index >= 15 is 0 Å². The average molecular weight is 325 g/mol. The van der Waals surface area contributed by atoms with Gasteiger partial charge in [-0.25, -0.2) is 0 Å². The minimum atomic E-state index is -2.47. The van der Waals surface area contributed by atoms with Crippen LogP contribution in [0.5, 0.6) is 0 Å². The van der Waals surface area contributed by atoms with E-state index in [9.17, 15) is 25.2 Å². The van der Waals surface area contributed by atoms with Crippen LogP contribution < -0.4 is 5.73 Å². The van der Waals surface area contributed by atoms with Crippen LogP contribution in [0.4, 0.5) is 0 Å². The summed E-state index contributed by atoms with van der Waals surface area (Å²) in [5.41, 5.74) is 8.32. The zero-order valence-electron chi connectivity index (χ0n) is 13.1. The van der Waals surface area contributed by atoms with Crippen LogP contribution in [0.2, 0.25) is 0 Å². The molecule has 1 aromatic carbocycles. The molecule has 7 nitrogen and oxygen atoms in total. The zero-order valence-corrected chi connectivity index (χ0v) is 13.1. The molecule has 2 rings (SSSR count). The summed E-state index contributed by atoms with van der Waals surface area (Å²) >= 11 is 0. The summed E-state index contributed by atoms with van der Waals surface area (Å²) in [5, 5.41) is 39.4. The molecule has 0 spiro atoms. The first-order valence-corrected chi connectivity index (χ1v) is 7.43. The smallest absolute Gasteiger partial charge is 0.245 e. The highest BCUT2D eigenvalue weighted by atomic mass is 16.7. The van der Waals surface area contributed by atoms with E-state index in [1.54, 1.807) is 12.1 Å². The van der Waals surface area contributed by atoms with Crippen molar-refractivity contribution in [1.82, 2.24) is 0 Å². The minimum Gasteiger partial charge on any atom is -0.394 e. The molecule has 1 aliphatic rings. The van der Waals surface area contributed by atoms with E-state index in [2.05, 4.69) is 0 Å². The molecule has 0 bridgehead atoms. The van der Waals surface area contributed by atoms with E-state index in [1.165, 1.54) is 0 Å². The number of aryl methyl sites for hydroxylation is 1. The highest BCUT2D eigenvalue weighted by Crippen LogP contribution is 2.29. The molecule has 1 unspecified atom stereocenters. The Morgan fingerprint density at radius 3 is 2.57 bits per heavy atom. The number of aliphatic hydroxyl groups excluding tert-OH is 3. The quantitative estimate of drug-likeness (QED) is 0.457. The molecule has 1 fully saturated rings. The first-order chi connectivity index (χ1) is 10.7. The molecule has 7 heteroatoms. The molecular weight excluding hydrogens is 302 g/mol. The minimum absolute atomic E-state index is 0.140. The van der Waals surface area contributed by atoms with Crippen molar-refractivity contribution in [3.8, 4) is 0 Å². The van der Waals surface area contributed by atoms with Crippen LogP contribution in [0.15, 0.2) is 18.2 Å². The lowest BCUT2D eigenvalue weighted by molar-refractivity contribution is -0.297. The lowest BCUT2D eigenvalue weighted by Crippen LogP contribution is -2.71. The Kier molecular flexibility index (Phi) is 5.20. The van der Waals surface area contributed by atoms with Crippen molar-refractivity contribution in [2.45, 2.75) is 50.4 Å². The fourth-order valence-electron chi connectivity index (χ4n) is 2.74. The van der Waals surface area contributed by atoms with E-state index in [-0.39, 0.29) is 6.42 Å². The van der Waals surface area contributed by atoms with E-state index < -0.39 is 42.5 Å². The van der Waals surface area contributed by atoms with Gasteiger partial charge >= 0.3 is 0 Å². The number of carbonyl (C=O) groups excluding carboxylic acids is 1. The second kappa shape index (κ2) is 6.64. The first-order valence-electron chi connectivity index (χ1n) is 7.43. The van der Waals surface area contributed by atoms with Crippen molar-refractivity contribution >= 4 is 5.78 Å². The third-order valence-electron chi connectivity index (χ3n) is 4.53. The van der Waals surface area contributed by atoms with Gasteiger partial charge in [0.05, 0.1) is 12.6 Å². The van der Waals surface area contributed by atoms with Crippen LogP contribution in [0.25, 0.3) is 0 Å². The molecule has 23 heavy (non-hydrogen) atoms. The molecule has 6 N–H and O–H groups in total. The Balaban J connectivity index is 2.27. The lowest BCUT2D eigenvalue weighted by Gasteiger charge is -2.45. The van der Waals surface area contributed by atoms with E-state index in [0.717, 1.165) is 11.1 Å². The molecule has 0 saturated carbocycles. The Morgan fingerprint density at radius 2 is 1.96 bits per heavy atom. The average Bonchev–Trinajstić information content (AvgIpc) is 2.53. The standard InChI is InChI=1S/C16H23NO6/c1-8-4-3-5-10(9(8)2)6-12(19)16(22)15(17)14(21)13(20)11(7-18)23-16/h3-5,11,13-15,18,20-22H,6-7,17H2,1-2H3/t11-,13-,14+,15-,16?/m1/s1. The van der Waals surface area contributed by atoms with Gasteiger partial charge in [0.1, 0.15) is 18.3 Å². The number of rotatable bonds is 4. The fraction of sp³-hybridized carbons (Fsp3) is 0.562. The molecular formula is C16H23NO6. The van der Waals surface area contributed by atoms with Crippen molar-refractivity contribution < 1.29 is 30.0 Å². The Morgan fingerprint density at radius 1 is 1.30 bits per heavy atom. The molecule has 0 amide bonds. The molecule has 128 valence electrons. The molecule has 5 atom stereocenters. The molecule has 0 aliphatic carbocycles. The van der Waals surface area contributed by atoms with Gasteiger partial charge in [0.15, 0.2) is 5.78 Å². The molecule has 0 aromatic heterocycles. The van der Waals surface area contributed by atoms with Crippen LogP contribution in [-0.4, -0.2) is 63.0 Å². The number of carbonyl (C=O) groups is 1. The number of ketones is 1. The van der Waals surface area contributed by atoms with Crippen LogP contribution in [0, 0.1) is 13.8 Å². The van der Waals surface area contributed by atoms with Crippen molar-refractivity contribution in [3.63, 3.8) is 0 Å². The monoisotopic (exact) mass is 325 g/mol. The summed E-state index contributed by atoms with van der Waals surface area (Å²) in [6, 6.07) is 3.94. The number of hydrogen-bond donors (Lipinski definition) is 5. The Bertz CT molecular complexity index is 590. The van der Waals surface area contributed by atoms with Crippen molar-refractivity contribution in [3.05, 3.63) is 34.9 Å². The van der Waals surface area contributed by atoms with Gasteiger partial charge in [-0.05, 0) is 30.5 Å². The van der Waals surface area contributed by atoms with E-state index in [1.807, 2.05) is 19.9 Å². The van der Waals surface area contributed by atoms with Gasteiger partial charge in [0.25, 0.3) is 0 Å². The maximum absolute atomic E-state index is 12.5. The van der Waals surface area contributed by atoms with Gasteiger partial charge in [-0.3, -0.25) is 4.79 Å². The maximum Gasteiger partial charge on any atom is 0.245 e. The maximum atomic E-state index is 12.5. The van der Waals surface area contributed by atoms with Crippen molar-refractivity contribution in [2.24, 2.45) is 5.73 Å². The Hall–Kier alpha value is -1.35.